The highest BCUT2D eigenvalue weighted by molar-refractivity contribution is 5.52. The van der Waals surface area contributed by atoms with Crippen LogP contribution in [0.3, 0.4) is 0 Å². The summed E-state index contributed by atoms with van der Waals surface area (Å²) in [4.78, 5) is 4.33. The minimum absolute atomic E-state index is 0.506. The van der Waals surface area contributed by atoms with Crippen molar-refractivity contribution in [3.63, 3.8) is 0 Å². The molecule has 1 aliphatic rings. The number of hydrogen-bond acceptors (Lipinski definition) is 4. The SMILES string of the molecule is Nc1cccc(-c2nncn2C2CCCCC2)n1. The van der Waals surface area contributed by atoms with Gasteiger partial charge in [-0.3, -0.25) is 0 Å². The van der Waals surface area contributed by atoms with Gasteiger partial charge in [0, 0.05) is 6.04 Å². The van der Waals surface area contributed by atoms with Crippen molar-refractivity contribution in [2.24, 2.45) is 0 Å². The summed E-state index contributed by atoms with van der Waals surface area (Å²) in [6, 6.07) is 6.12. The fourth-order valence-electron chi connectivity index (χ4n) is 2.63. The standard InChI is InChI=1S/C13H17N5/c14-12-8-4-7-11(16-12)13-17-15-9-18(13)10-5-2-1-3-6-10/h4,7-10H,1-3,5-6H2,(H2,14,16). The maximum Gasteiger partial charge on any atom is 0.182 e. The molecule has 0 aliphatic heterocycles. The van der Waals surface area contributed by atoms with Gasteiger partial charge >= 0.3 is 0 Å². The number of nitrogen functional groups attached to an aromatic ring is 1. The molecule has 0 radical (unpaired) electrons. The number of rotatable bonds is 2. The van der Waals surface area contributed by atoms with Gasteiger partial charge in [0.05, 0.1) is 0 Å². The number of pyridine rings is 1. The molecule has 0 unspecified atom stereocenters. The van der Waals surface area contributed by atoms with Crippen molar-refractivity contribution in [3.8, 4) is 11.5 Å². The molecule has 0 atom stereocenters. The molecular formula is C13H17N5. The highest BCUT2D eigenvalue weighted by Gasteiger charge is 2.19. The lowest BCUT2D eigenvalue weighted by atomic mass is 9.95. The molecule has 2 aromatic heterocycles. The van der Waals surface area contributed by atoms with Crippen LogP contribution in [0.25, 0.3) is 11.5 Å². The summed E-state index contributed by atoms with van der Waals surface area (Å²) in [5.41, 5.74) is 6.53. The molecule has 2 N–H and O–H groups in total. The van der Waals surface area contributed by atoms with Gasteiger partial charge in [0.1, 0.15) is 17.8 Å². The largest absolute Gasteiger partial charge is 0.384 e. The fraction of sp³-hybridized carbons (Fsp3) is 0.462. The molecule has 5 nitrogen and oxygen atoms in total. The van der Waals surface area contributed by atoms with Crippen molar-refractivity contribution >= 4 is 5.82 Å². The molecule has 0 spiro atoms. The van der Waals surface area contributed by atoms with Crippen LogP contribution in [-0.2, 0) is 0 Å². The molecule has 3 rings (SSSR count). The summed E-state index contributed by atoms with van der Waals surface area (Å²) in [7, 11) is 0. The van der Waals surface area contributed by atoms with E-state index in [1.807, 2.05) is 18.5 Å². The Kier molecular flexibility index (Phi) is 2.96. The van der Waals surface area contributed by atoms with Crippen molar-refractivity contribution in [2.45, 2.75) is 38.1 Å². The van der Waals surface area contributed by atoms with Crippen molar-refractivity contribution in [2.75, 3.05) is 5.73 Å². The zero-order valence-electron chi connectivity index (χ0n) is 10.3. The first-order chi connectivity index (χ1) is 8.84. The molecule has 1 fully saturated rings. The van der Waals surface area contributed by atoms with Gasteiger partial charge in [0.2, 0.25) is 0 Å². The summed E-state index contributed by atoms with van der Waals surface area (Å²) in [6.07, 6.45) is 8.13. The molecule has 0 amide bonds. The van der Waals surface area contributed by atoms with Gasteiger partial charge in [-0.25, -0.2) is 4.98 Å². The summed E-state index contributed by atoms with van der Waals surface area (Å²) in [5, 5.41) is 8.23. The Morgan fingerprint density at radius 2 is 2.00 bits per heavy atom. The van der Waals surface area contributed by atoms with Crippen molar-refractivity contribution in [1.29, 1.82) is 0 Å². The molecule has 0 bridgehead atoms. The third-order valence-electron chi connectivity index (χ3n) is 3.54. The molecule has 1 aliphatic carbocycles. The van der Waals surface area contributed by atoms with Gasteiger partial charge in [-0.1, -0.05) is 25.3 Å². The Morgan fingerprint density at radius 1 is 1.17 bits per heavy atom. The lowest BCUT2D eigenvalue weighted by molar-refractivity contribution is 0.355. The number of nitrogens with two attached hydrogens (primary N) is 1. The van der Waals surface area contributed by atoms with Crippen LogP contribution in [0.1, 0.15) is 38.1 Å². The Bertz CT molecular complexity index is 528. The minimum atomic E-state index is 0.506. The zero-order chi connectivity index (χ0) is 12.4. The normalized spacial score (nSPS) is 16.9. The molecule has 18 heavy (non-hydrogen) atoms. The number of nitrogens with zero attached hydrogens (tertiary/aromatic N) is 4. The Morgan fingerprint density at radius 3 is 2.78 bits per heavy atom. The molecule has 2 heterocycles. The van der Waals surface area contributed by atoms with Crippen molar-refractivity contribution in [1.82, 2.24) is 19.7 Å². The lowest BCUT2D eigenvalue weighted by Gasteiger charge is -2.23. The summed E-state index contributed by atoms with van der Waals surface area (Å²) >= 11 is 0. The summed E-state index contributed by atoms with van der Waals surface area (Å²) < 4.78 is 2.15. The third kappa shape index (κ3) is 2.08. The van der Waals surface area contributed by atoms with Crippen LogP contribution >= 0.6 is 0 Å². The third-order valence-corrected chi connectivity index (χ3v) is 3.54. The molecule has 0 saturated heterocycles. The average molecular weight is 243 g/mol. The first-order valence-corrected chi connectivity index (χ1v) is 6.47. The molecular weight excluding hydrogens is 226 g/mol. The number of anilines is 1. The second-order valence-corrected chi connectivity index (χ2v) is 4.80. The van der Waals surface area contributed by atoms with Gasteiger partial charge in [-0.15, -0.1) is 10.2 Å². The van der Waals surface area contributed by atoms with E-state index in [2.05, 4.69) is 19.7 Å². The van der Waals surface area contributed by atoms with Gasteiger partial charge in [0.25, 0.3) is 0 Å². The summed E-state index contributed by atoms with van der Waals surface area (Å²) in [6.45, 7) is 0. The van der Waals surface area contributed by atoms with E-state index in [4.69, 9.17) is 5.73 Å². The second-order valence-electron chi connectivity index (χ2n) is 4.80. The van der Waals surface area contributed by atoms with Crippen LogP contribution in [0.5, 0.6) is 0 Å². The Balaban J connectivity index is 1.95. The monoisotopic (exact) mass is 243 g/mol. The van der Waals surface area contributed by atoms with E-state index in [1.165, 1.54) is 32.1 Å². The van der Waals surface area contributed by atoms with Gasteiger partial charge < -0.3 is 10.3 Å². The smallest absolute Gasteiger partial charge is 0.182 e. The average Bonchev–Trinajstić information content (AvgIpc) is 2.89. The molecule has 5 heteroatoms. The zero-order valence-corrected chi connectivity index (χ0v) is 10.3. The van der Waals surface area contributed by atoms with Gasteiger partial charge in [-0.2, -0.15) is 0 Å². The quantitative estimate of drug-likeness (QED) is 0.879. The Hall–Kier alpha value is -1.91. The van der Waals surface area contributed by atoms with Gasteiger partial charge in [-0.05, 0) is 25.0 Å². The topological polar surface area (TPSA) is 69.6 Å². The first-order valence-electron chi connectivity index (χ1n) is 6.47. The van der Waals surface area contributed by atoms with E-state index in [-0.39, 0.29) is 0 Å². The molecule has 1 saturated carbocycles. The first kappa shape index (κ1) is 11.2. The van der Waals surface area contributed by atoms with Gasteiger partial charge in [0.15, 0.2) is 5.82 Å². The van der Waals surface area contributed by atoms with E-state index in [0.29, 0.717) is 11.9 Å². The van der Waals surface area contributed by atoms with Crippen molar-refractivity contribution in [3.05, 3.63) is 24.5 Å². The van der Waals surface area contributed by atoms with E-state index in [1.54, 1.807) is 6.07 Å². The predicted molar refractivity (Wildman–Crippen MR) is 69.8 cm³/mol. The van der Waals surface area contributed by atoms with E-state index in [9.17, 15) is 0 Å². The maximum atomic E-state index is 5.72. The summed E-state index contributed by atoms with van der Waals surface area (Å²) in [5.74, 6) is 1.35. The molecule has 0 aromatic carbocycles. The fourth-order valence-corrected chi connectivity index (χ4v) is 2.63. The van der Waals surface area contributed by atoms with Crippen LogP contribution in [-0.4, -0.2) is 19.7 Å². The van der Waals surface area contributed by atoms with Crippen LogP contribution in [0, 0.1) is 0 Å². The van der Waals surface area contributed by atoms with E-state index >= 15 is 0 Å². The predicted octanol–water partition coefficient (Wildman–Crippen LogP) is 2.43. The van der Waals surface area contributed by atoms with Crippen LogP contribution < -0.4 is 5.73 Å². The van der Waals surface area contributed by atoms with Crippen LogP contribution in [0.4, 0.5) is 5.82 Å². The Labute approximate surface area is 106 Å². The highest BCUT2D eigenvalue weighted by atomic mass is 15.3. The molecule has 94 valence electrons. The van der Waals surface area contributed by atoms with E-state index < -0.39 is 0 Å². The van der Waals surface area contributed by atoms with Crippen molar-refractivity contribution < 1.29 is 0 Å². The minimum Gasteiger partial charge on any atom is -0.384 e. The highest BCUT2D eigenvalue weighted by Crippen LogP contribution is 2.30. The lowest BCUT2D eigenvalue weighted by Crippen LogP contribution is -2.13. The van der Waals surface area contributed by atoms with E-state index in [0.717, 1.165) is 11.5 Å². The maximum absolute atomic E-state index is 5.72. The molecule has 2 aromatic rings. The van der Waals surface area contributed by atoms with Crippen LogP contribution in [0.15, 0.2) is 24.5 Å². The van der Waals surface area contributed by atoms with Crippen LogP contribution in [0.2, 0.25) is 0 Å². The number of hydrogen-bond donors (Lipinski definition) is 1. The second kappa shape index (κ2) is 4.76. The number of aromatic nitrogens is 4.